The van der Waals surface area contributed by atoms with Gasteiger partial charge < -0.3 is 10.1 Å². The molecule has 7 heteroatoms. The molecule has 0 fully saturated rings. The summed E-state index contributed by atoms with van der Waals surface area (Å²) in [6, 6.07) is 0. The van der Waals surface area contributed by atoms with Gasteiger partial charge in [-0.25, -0.2) is 4.98 Å². The van der Waals surface area contributed by atoms with Crippen LogP contribution in [0.2, 0.25) is 0 Å². The van der Waals surface area contributed by atoms with Gasteiger partial charge in [-0.15, -0.1) is 6.42 Å². The fourth-order valence-corrected chi connectivity index (χ4v) is 0.926. The monoisotopic (exact) mass is 208 g/mol. The molecule has 1 rings (SSSR count). The van der Waals surface area contributed by atoms with Crippen LogP contribution in [0.5, 0.6) is 5.88 Å². The van der Waals surface area contributed by atoms with E-state index >= 15 is 0 Å². The molecule has 0 spiro atoms. The van der Waals surface area contributed by atoms with Gasteiger partial charge in [0.05, 0.1) is 4.92 Å². The van der Waals surface area contributed by atoms with Gasteiger partial charge in [0.15, 0.2) is 6.61 Å². The second kappa shape index (κ2) is 4.76. The van der Waals surface area contributed by atoms with Crippen molar-refractivity contribution in [2.75, 3.05) is 19.0 Å². The van der Waals surface area contributed by atoms with Crippen LogP contribution in [0.1, 0.15) is 0 Å². The van der Waals surface area contributed by atoms with Crippen molar-refractivity contribution in [2.45, 2.75) is 0 Å². The number of nitro groups is 1. The maximum atomic E-state index is 10.7. The molecule has 7 nitrogen and oxygen atoms in total. The topological polar surface area (TPSA) is 90.2 Å². The number of nitrogens with one attached hydrogen (secondary N) is 1. The minimum absolute atomic E-state index is 0.0823. The van der Waals surface area contributed by atoms with Crippen LogP contribution in [0.15, 0.2) is 6.33 Å². The van der Waals surface area contributed by atoms with Gasteiger partial charge >= 0.3 is 11.6 Å². The summed E-state index contributed by atoms with van der Waals surface area (Å²) in [5.41, 5.74) is -0.324. The highest BCUT2D eigenvalue weighted by Gasteiger charge is 2.23. The lowest BCUT2D eigenvalue weighted by Gasteiger charge is -2.04. The zero-order chi connectivity index (χ0) is 11.3. The highest BCUT2D eigenvalue weighted by Crippen LogP contribution is 2.29. The lowest BCUT2D eigenvalue weighted by Crippen LogP contribution is -2.05. The minimum atomic E-state index is -0.627. The molecule has 0 aromatic carbocycles. The van der Waals surface area contributed by atoms with Crippen molar-refractivity contribution < 1.29 is 9.66 Å². The average molecular weight is 208 g/mol. The Morgan fingerprint density at radius 2 is 2.47 bits per heavy atom. The molecule has 0 unspecified atom stereocenters. The second-order valence-electron chi connectivity index (χ2n) is 2.38. The molecule has 0 saturated heterocycles. The maximum absolute atomic E-state index is 10.7. The number of terminal acetylenes is 1. The summed E-state index contributed by atoms with van der Waals surface area (Å²) in [5.74, 6) is 2.14. The lowest BCUT2D eigenvalue weighted by molar-refractivity contribution is -0.385. The molecule has 0 aliphatic carbocycles. The summed E-state index contributed by atoms with van der Waals surface area (Å²) in [4.78, 5) is 17.4. The molecule has 0 amide bonds. The third kappa shape index (κ3) is 2.31. The van der Waals surface area contributed by atoms with Crippen LogP contribution >= 0.6 is 0 Å². The number of ether oxygens (including phenoxy) is 1. The van der Waals surface area contributed by atoms with E-state index in [-0.39, 0.29) is 24.0 Å². The summed E-state index contributed by atoms with van der Waals surface area (Å²) in [6.07, 6.45) is 6.13. The van der Waals surface area contributed by atoms with Gasteiger partial charge in [-0.1, -0.05) is 5.92 Å². The first-order chi connectivity index (χ1) is 7.20. The van der Waals surface area contributed by atoms with Crippen LogP contribution in [-0.4, -0.2) is 28.5 Å². The highest BCUT2D eigenvalue weighted by atomic mass is 16.6. The number of nitrogens with zero attached hydrogens (tertiary/aromatic N) is 3. The summed E-state index contributed by atoms with van der Waals surface area (Å²) >= 11 is 0. The van der Waals surface area contributed by atoms with Gasteiger partial charge in [0.25, 0.3) is 0 Å². The van der Waals surface area contributed by atoms with Crippen LogP contribution in [-0.2, 0) is 0 Å². The fraction of sp³-hybridized carbons (Fsp3) is 0.250. The molecule has 0 atom stereocenters. The van der Waals surface area contributed by atoms with Gasteiger partial charge in [0.2, 0.25) is 5.82 Å². The SMILES string of the molecule is C#CCOc1ncnc(NC)c1[N+](=O)[O-]. The molecule has 1 aromatic heterocycles. The quantitative estimate of drug-likeness (QED) is 0.438. The Labute approximate surface area is 85.6 Å². The third-order valence-corrected chi connectivity index (χ3v) is 1.50. The second-order valence-corrected chi connectivity index (χ2v) is 2.38. The Morgan fingerprint density at radius 1 is 1.73 bits per heavy atom. The Morgan fingerprint density at radius 3 is 3.00 bits per heavy atom. The van der Waals surface area contributed by atoms with Crippen LogP contribution in [0.3, 0.4) is 0 Å². The normalized spacial score (nSPS) is 9.07. The van der Waals surface area contributed by atoms with E-state index in [4.69, 9.17) is 11.2 Å². The predicted molar refractivity (Wildman–Crippen MR) is 52.6 cm³/mol. The third-order valence-electron chi connectivity index (χ3n) is 1.50. The summed E-state index contributed by atoms with van der Waals surface area (Å²) in [6.45, 7) is -0.0823. The average Bonchev–Trinajstić information content (AvgIpc) is 2.25. The molecule has 0 bridgehead atoms. The van der Waals surface area contributed by atoms with Crippen LogP contribution < -0.4 is 10.1 Å². The molecule has 1 heterocycles. The first kappa shape index (κ1) is 10.7. The molecule has 0 aliphatic rings. The molecule has 1 aromatic rings. The van der Waals surface area contributed by atoms with Gasteiger partial charge in [-0.05, 0) is 0 Å². The predicted octanol–water partition coefficient (Wildman–Crippen LogP) is 0.438. The summed E-state index contributed by atoms with van der Waals surface area (Å²) < 4.78 is 4.92. The minimum Gasteiger partial charge on any atom is -0.459 e. The van der Waals surface area contributed by atoms with E-state index in [0.717, 1.165) is 6.33 Å². The Kier molecular flexibility index (Phi) is 3.40. The Balaban J connectivity index is 3.14. The van der Waals surface area contributed by atoms with Crippen LogP contribution in [0.25, 0.3) is 0 Å². The number of hydrogen-bond donors (Lipinski definition) is 1. The smallest absolute Gasteiger partial charge is 0.372 e. The molecule has 15 heavy (non-hydrogen) atoms. The van der Waals surface area contributed by atoms with E-state index in [1.807, 2.05) is 0 Å². The van der Waals surface area contributed by atoms with Gasteiger partial charge in [-0.3, -0.25) is 10.1 Å². The largest absolute Gasteiger partial charge is 0.459 e. The van der Waals surface area contributed by atoms with Crippen LogP contribution in [0.4, 0.5) is 11.5 Å². The number of aromatic nitrogens is 2. The standard InChI is InChI=1S/C8H8N4O3/c1-3-4-15-8-6(12(13)14)7(9-2)10-5-11-8/h1,5H,4H2,2H3,(H,9,10,11). The van der Waals surface area contributed by atoms with Crippen molar-refractivity contribution in [3.05, 3.63) is 16.4 Å². The Hall–Kier alpha value is -2.36. The summed E-state index contributed by atoms with van der Waals surface area (Å²) in [7, 11) is 1.51. The number of hydrogen-bond acceptors (Lipinski definition) is 6. The lowest BCUT2D eigenvalue weighted by atomic mass is 10.4. The van der Waals surface area contributed by atoms with Crippen molar-refractivity contribution in [1.29, 1.82) is 0 Å². The molecule has 0 aliphatic heterocycles. The first-order valence-electron chi connectivity index (χ1n) is 3.94. The molecule has 1 N–H and O–H groups in total. The van der Waals surface area contributed by atoms with Crippen molar-refractivity contribution in [3.63, 3.8) is 0 Å². The highest BCUT2D eigenvalue weighted by molar-refractivity contribution is 5.60. The molecule has 0 radical (unpaired) electrons. The fourth-order valence-electron chi connectivity index (χ4n) is 0.926. The van der Waals surface area contributed by atoms with E-state index in [2.05, 4.69) is 21.2 Å². The van der Waals surface area contributed by atoms with Crippen molar-refractivity contribution >= 4 is 11.5 Å². The zero-order valence-corrected chi connectivity index (χ0v) is 7.93. The Bertz CT molecular complexity index is 413. The van der Waals surface area contributed by atoms with Crippen molar-refractivity contribution in [2.24, 2.45) is 0 Å². The van der Waals surface area contributed by atoms with E-state index < -0.39 is 4.92 Å². The van der Waals surface area contributed by atoms with E-state index in [0.29, 0.717) is 0 Å². The van der Waals surface area contributed by atoms with E-state index in [1.165, 1.54) is 7.05 Å². The molecule has 78 valence electrons. The first-order valence-corrected chi connectivity index (χ1v) is 3.94. The number of rotatable bonds is 4. The van der Waals surface area contributed by atoms with Gasteiger partial charge in [0.1, 0.15) is 6.33 Å². The van der Waals surface area contributed by atoms with E-state index in [9.17, 15) is 10.1 Å². The zero-order valence-electron chi connectivity index (χ0n) is 7.93. The van der Waals surface area contributed by atoms with E-state index in [1.54, 1.807) is 0 Å². The van der Waals surface area contributed by atoms with Gasteiger partial charge in [-0.2, -0.15) is 4.98 Å². The maximum Gasteiger partial charge on any atom is 0.372 e. The molecular formula is C8H8N4O3. The van der Waals surface area contributed by atoms with Gasteiger partial charge in [0, 0.05) is 7.05 Å². The number of anilines is 1. The van der Waals surface area contributed by atoms with Crippen LogP contribution in [0, 0.1) is 22.5 Å². The van der Waals surface area contributed by atoms with Crippen molar-refractivity contribution in [3.8, 4) is 18.2 Å². The molecular weight excluding hydrogens is 200 g/mol. The van der Waals surface area contributed by atoms with Crippen molar-refractivity contribution in [1.82, 2.24) is 9.97 Å². The molecule has 0 saturated carbocycles. The summed E-state index contributed by atoms with van der Waals surface area (Å²) in [5, 5.41) is 13.3.